The molecule has 2 nitrogen and oxygen atoms in total. The van der Waals surface area contributed by atoms with Gasteiger partial charge in [-0.1, -0.05) is 54.6 Å². The van der Waals surface area contributed by atoms with E-state index in [0.717, 1.165) is 12.0 Å². The van der Waals surface area contributed by atoms with Gasteiger partial charge in [0.05, 0.1) is 12.7 Å². The number of hydrogen-bond donors (Lipinski definition) is 0. The zero-order valence-electron chi connectivity index (χ0n) is 12.9. The second-order valence-electron chi connectivity index (χ2n) is 5.73. The minimum atomic E-state index is -0.303. The van der Waals surface area contributed by atoms with E-state index in [0.29, 0.717) is 5.56 Å². The molecule has 0 saturated carbocycles. The fourth-order valence-corrected chi connectivity index (χ4v) is 3.33. The van der Waals surface area contributed by atoms with E-state index < -0.39 is 0 Å². The Morgan fingerprint density at radius 3 is 2.30 bits per heavy atom. The van der Waals surface area contributed by atoms with Gasteiger partial charge in [0.25, 0.3) is 0 Å². The summed E-state index contributed by atoms with van der Waals surface area (Å²) in [7, 11) is 1.40. The standard InChI is InChI=1S/C21H16O2/c1-23-21(22)15-11-9-14(10-12-15)17-7-4-8-19-18-6-3-2-5-16(18)13-20(17)19/h2-12H,13H2,1H3. The van der Waals surface area contributed by atoms with Gasteiger partial charge in [-0.25, -0.2) is 4.79 Å². The summed E-state index contributed by atoms with van der Waals surface area (Å²) in [6.07, 6.45) is 0.959. The molecule has 4 rings (SSSR count). The van der Waals surface area contributed by atoms with Crippen LogP contribution in [-0.4, -0.2) is 13.1 Å². The molecule has 0 unspecified atom stereocenters. The Morgan fingerprint density at radius 1 is 0.826 bits per heavy atom. The average Bonchev–Trinajstić information content (AvgIpc) is 3.00. The molecular weight excluding hydrogens is 284 g/mol. The van der Waals surface area contributed by atoms with Crippen LogP contribution in [0.15, 0.2) is 66.7 Å². The molecule has 2 heteroatoms. The van der Waals surface area contributed by atoms with Gasteiger partial charge in [-0.2, -0.15) is 0 Å². The number of benzene rings is 3. The number of carbonyl (C=O) groups excluding carboxylic acids is 1. The Kier molecular flexibility index (Phi) is 3.23. The van der Waals surface area contributed by atoms with E-state index in [4.69, 9.17) is 4.74 Å². The lowest BCUT2D eigenvalue weighted by Gasteiger charge is -2.09. The predicted octanol–water partition coefficient (Wildman–Crippen LogP) is 4.71. The van der Waals surface area contributed by atoms with Crippen LogP contribution in [0.2, 0.25) is 0 Å². The first-order chi connectivity index (χ1) is 11.3. The van der Waals surface area contributed by atoms with Gasteiger partial charge in [-0.05, 0) is 51.9 Å². The molecule has 0 saturated heterocycles. The van der Waals surface area contributed by atoms with Gasteiger partial charge in [0, 0.05) is 0 Å². The first-order valence-corrected chi connectivity index (χ1v) is 7.67. The fourth-order valence-electron chi connectivity index (χ4n) is 3.33. The minimum absolute atomic E-state index is 0.303. The molecule has 1 aliphatic carbocycles. The van der Waals surface area contributed by atoms with Gasteiger partial charge in [-0.3, -0.25) is 0 Å². The Labute approximate surface area is 135 Å². The Balaban J connectivity index is 1.79. The highest BCUT2D eigenvalue weighted by Gasteiger charge is 2.20. The zero-order chi connectivity index (χ0) is 15.8. The van der Waals surface area contributed by atoms with Crippen LogP contribution in [0.4, 0.5) is 0 Å². The van der Waals surface area contributed by atoms with E-state index in [9.17, 15) is 4.79 Å². The van der Waals surface area contributed by atoms with Crippen molar-refractivity contribution in [2.24, 2.45) is 0 Å². The van der Waals surface area contributed by atoms with E-state index in [-0.39, 0.29) is 5.97 Å². The number of esters is 1. The van der Waals surface area contributed by atoms with Crippen LogP contribution < -0.4 is 0 Å². The maximum absolute atomic E-state index is 11.6. The van der Waals surface area contributed by atoms with Gasteiger partial charge in [-0.15, -0.1) is 0 Å². The SMILES string of the molecule is COC(=O)c1ccc(-c2cccc3c2Cc2ccccc2-3)cc1. The van der Waals surface area contributed by atoms with Crippen molar-refractivity contribution in [2.75, 3.05) is 7.11 Å². The molecule has 0 spiro atoms. The van der Waals surface area contributed by atoms with Crippen molar-refractivity contribution in [1.29, 1.82) is 0 Å². The third-order valence-electron chi connectivity index (χ3n) is 4.47. The summed E-state index contributed by atoms with van der Waals surface area (Å²) < 4.78 is 4.76. The van der Waals surface area contributed by atoms with Crippen molar-refractivity contribution in [3.05, 3.63) is 83.4 Å². The number of rotatable bonds is 2. The fraction of sp³-hybridized carbons (Fsp3) is 0.0952. The van der Waals surface area contributed by atoms with Gasteiger partial charge in [0.15, 0.2) is 0 Å². The second-order valence-corrected chi connectivity index (χ2v) is 5.73. The first-order valence-electron chi connectivity index (χ1n) is 7.67. The highest BCUT2D eigenvalue weighted by molar-refractivity contribution is 5.90. The van der Waals surface area contributed by atoms with E-state index in [2.05, 4.69) is 42.5 Å². The summed E-state index contributed by atoms with van der Waals surface area (Å²) in [6, 6.07) is 22.6. The van der Waals surface area contributed by atoms with Gasteiger partial charge in [0.2, 0.25) is 0 Å². The lowest BCUT2D eigenvalue weighted by atomic mass is 9.95. The van der Waals surface area contributed by atoms with Crippen LogP contribution in [0, 0.1) is 0 Å². The summed E-state index contributed by atoms with van der Waals surface area (Å²) >= 11 is 0. The molecule has 0 aromatic heterocycles. The summed E-state index contributed by atoms with van der Waals surface area (Å²) in [4.78, 5) is 11.6. The summed E-state index contributed by atoms with van der Waals surface area (Å²) in [6.45, 7) is 0. The molecular formula is C21H16O2. The third kappa shape index (κ3) is 2.23. The topological polar surface area (TPSA) is 26.3 Å². The minimum Gasteiger partial charge on any atom is -0.465 e. The maximum Gasteiger partial charge on any atom is 0.337 e. The molecule has 3 aromatic rings. The summed E-state index contributed by atoms with van der Waals surface area (Å²) in [5.41, 5.74) is 8.32. The molecule has 0 atom stereocenters. The number of hydrogen-bond acceptors (Lipinski definition) is 2. The van der Waals surface area contributed by atoms with Crippen LogP contribution in [0.5, 0.6) is 0 Å². The molecule has 23 heavy (non-hydrogen) atoms. The van der Waals surface area contributed by atoms with Crippen LogP contribution >= 0.6 is 0 Å². The monoisotopic (exact) mass is 300 g/mol. The Morgan fingerprint density at radius 2 is 1.52 bits per heavy atom. The average molecular weight is 300 g/mol. The lowest BCUT2D eigenvalue weighted by molar-refractivity contribution is 0.0601. The van der Waals surface area contributed by atoms with Gasteiger partial charge < -0.3 is 4.74 Å². The molecule has 0 radical (unpaired) electrons. The summed E-state index contributed by atoms with van der Waals surface area (Å²) in [5.74, 6) is -0.303. The quantitative estimate of drug-likeness (QED) is 0.501. The highest BCUT2D eigenvalue weighted by Crippen LogP contribution is 2.41. The largest absolute Gasteiger partial charge is 0.465 e. The molecule has 0 fully saturated rings. The van der Waals surface area contributed by atoms with Crippen LogP contribution in [0.25, 0.3) is 22.3 Å². The number of fused-ring (bicyclic) bond motifs is 3. The van der Waals surface area contributed by atoms with Crippen molar-refractivity contribution >= 4 is 5.97 Å². The number of ether oxygens (including phenoxy) is 1. The van der Waals surface area contributed by atoms with Gasteiger partial charge >= 0.3 is 5.97 Å². The lowest BCUT2D eigenvalue weighted by Crippen LogP contribution is -2.00. The van der Waals surface area contributed by atoms with Crippen molar-refractivity contribution in [2.45, 2.75) is 6.42 Å². The van der Waals surface area contributed by atoms with E-state index in [1.165, 1.54) is 34.9 Å². The smallest absolute Gasteiger partial charge is 0.337 e. The van der Waals surface area contributed by atoms with E-state index >= 15 is 0 Å². The van der Waals surface area contributed by atoms with Crippen molar-refractivity contribution < 1.29 is 9.53 Å². The molecule has 0 N–H and O–H groups in total. The Bertz CT molecular complexity index is 892. The number of carbonyl (C=O) groups is 1. The molecule has 0 bridgehead atoms. The third-order valence-corrected chi connectivity index (χ3v) is 4.47. The van der Waals surface area contributed by atoms with E-state index in [1.807, 2.05) is 24.3 Å². The second kappa shape index (κ2) is 5.40. The molecule has 0 aliphatic heterocycles. The van der Waals surface area contributed by atoms with Crippen LogP contribution in [0.3, 0.4) is 0 Å². The molecule has 3 aromatic carbocycles. The van der Waals surface area contributed by atoms with Crippen molar-refractivity contribution in [3.63, 3.8) is 0 Å². The molecule has 0 heterocycles. The summed E-state index contributed by atoms with van der Waals surface area (Å²) in [5, 5.41) is 0. The maximum atomic E-state index is 11.6. The Hall–Kier alpha value is -2.87. The van der Waals surface area contributed by atoms with Crippen molar-refractivity contribution in [3.8, 4) is 22.3 Å². The molecule has 0 amide bonds. The van der Waals surface area contributed by atoms with E-state index in [1.54, 1.807) is 0 Å². The molecule has 112 valence electrons. The van der Waals surface area contributed by atoms with Gasteiger partial charge in [0.1, 0.15) is 0 Å². The van der Waals surface area contributed by atoms with Crippen LogP contribution in [-0.2, 0) is 11.2 Å². The predicted molar refractivity (Wildman–Crippen MR) is 91.5 cm³/mol. The zero-order valence-corrected chi connectivity index (χ0v) is 12.9. The molecule has 1 aliphatic rings. The van der Waals surface area contributed by atoms with Crippen molar-refractivity contribution in [1.82, 2.24) is 0 Å². The normalized spacial score (nSPS) is 11.7. The first kappa shape index (κ1) is 13.8. The van der Waals surface area contributed by atoms with Crippen LogP contribution in [0.1, 0.15) is 21.5 Å². The number of methoxy groups -OCH3 is 1. The highest BCUT2D eigenvalue weighted by atomic mass is 16.5.